The minimum Gasteiger partial charge on any atom is -0.388 e. The second kappa shape index (κ2) is 4.53. The van der Waals surface area contributed by atoms with Gasteiger partial charge in [0.05, 0.1) is 15.6 Å². The molecule has 4 heteroatoms. The molecule has 2 nitrogen and oxygen atoms in total. The van der Waals surface area contributed by atoms with Crippen LogP contribution in [0.2, 0.25) is 10.0 Å². The molecule has 16 heavy (non-hydrogen) atoms. The number of likely N-dealkylation sites (N-methyl/N-ethyl adjacent to an activating group) is 1. The van der Waals surface area contributed by atoms with E-state index in [0.717, 1.165) is 18.5 Å². The van der Waals surface area contributed by atoms with Crippen LogP contribution in [0.1, 0.15) is 12.0 Å². The molecule has 0 bridgehead atoms. The van der Waals surface area contributed by atoms with Gasteiger partial charge >= 0.3 is 0 Å². The van der Waals surface area contributed by atoms with Gasteiger partial charge in [-0.1, -0.05) is 35.3 Å². The molecule has 1 aliphatic heterocycles. The van der Waals surface area contributed by atoms with E-state index in [1.54, 1.807) is 6.07 Å². The van der Waals surface area contributed by atoms with Gasteiger partial charge in [0.25, 0.3) is 0 Å². The van der Waals surface area contributed by atoms with Crippen LogP contribution in [0.15, 0.2) is 18.2 Å². The fourth-order valence-corrected chi connectivity index (χ4v) is 2.63. The van der Waals surface area contributed by atoms with Crippen molar-refractivity contribution in [3.05, 3.63) is 33.8 Å². The van der Waals surface area contributed by atoms with E-state index in [1.165, 1.54) is 0 Å². The average Bonchev–Trinajstić information content (AvgIpc) is 2.54. The molecule has 1 heterocycles. The maximum Gasteiger partial charge on any atom is 0.0826 e. The van der Waals surface area contributed by atoms with Crippen LogP contribution in [-0.4, -0.2) is 35.7 Å². The van der Waals surface area contributed by atoms with Crippen molar-refractivity contribution in [1.29, 1.82) is 0 Å². The van der Waals surface area contributed by atoms with Gasteiger partial charge in [0.2, 0.25) is 0 Å². The lowest BCUT2D eigenvalue weighted by Crippen LogP contribution is -2.34. The first-order chi connectivity index (χ1) is 7.50. The van der Waals surface area contributed by atoms with E-state index in [4.69, 9.17) is 23.2 Å². The topological polar surface area (TPSA) is 23.5 Å². The summed E-state index contributed by atoms with van der Waals surface area (Å²) in [5.41, 5.74) is 0.259. The van der Waals surface area contributed by atoms with E-state index in [1.807, 2.05) is 19.2 Å². The number of aliphatic hydroxyl groups is 1. The van der Waals surface area contributed by atoms with Crippen molar-refractivity contribution in [1.82, 2.24) is 4.90 Å². The molecule has 1 aliphatic rings. The van der Waals surface area contributed by atoms with Crippen LogP contribution in [0.3, 0.4) is 0 Å². The Kier molecular flexibility index (Phi) is 3.45. The SMILES string of the molecule is CN1CCC(O)(Cc2cccc(Cl)c2Cl)C1. The highest BCUT2D eigenvalue weighted by Crippen LogP contribution is 2.31. The quantitative estimate of drug-likeness (QED) is 0.883. The summed E-state index contributed by atoms with van der Waals surface area (Å²) in [6.07, 6.45) is 1.35. The van der Waals surface area contributed by atoms with Gasteiger partial charge in [0.15, 0.2) is 0 Å². The lowest BCUT2D eigenvalue weighted by Gasteiger charge is -2.23. The van der Waals surface area contributed by atoms with Gasteiger partial charge in [-0.3, -0.25) is 0 Å². The lowest BCUT2D eigenvalue weighted by atomic mass is 9.94. The Hall–Kier alpha value is -0.280. The van der Waals surface area contributed by atoms with Crippen LogP contribution in [0.5, 0.6) is 0 Å². The number of halogens is 2. The van der Waals surface area contributed by atoms with Gasteiger partial charge in [-0.05, 0) is 25.1 Å². The van der Waals surface area contributed by atoms with Crippen molar-refractivity contribution < 1.29 is 5.11 Å². The number of hydrogen-bond acceptors (Lipinski definition) is 2. The Morgan fingerprint density at radius 1 is 1.44 bits per heavy atom. The van der Waals surface area contributed by atoms with Crippen molar-refractivity contribution in [3.8, 4) is 0 Å². The molecule has 1 saturated heterocycles. The summed E-state index contributed by atoms with van der Waals surface area (Å²) in [7, 11) is 2.01. The highest BCUT2D eigenvalue weighted by atomic mass is 35.5. The molecular formula is C12H15Cl2NO. The number of rotatable bonds is 2. The zero-order valence-corrected chi connectivity index (χ0v) is 10.7. The standard InChI is InChI=1S/C12H15Cl2NO/c1-15-6-5-12(16,8-15)7-9-3-2-4-10(13)11(9)14/h2-4,16H,5-8H2,1H3. The number of β-amino-alcohol motifs (C(OH)–C–C–N with tert-alkyl or cyclic N) is 1. The second-order valence-electron chi connectivity index (χ2n) is 4.60. The van der Waals surface area contributed by atoms with E-state index in [2.05, 4.69) is 4.90 Å². The van der Waals surface area contributed by atoms with Crippen molar-refractivity contribution in [2.45, 2.75) is 18.4 Å². The van der Waals surface area contributed by atoms with Crippen LogP contribution in [0.4, 0.5) is 0 Å². The highest BCUT2D eigenvalue weighted by Gasteiger charge is 2.34. The fraction of sp³-hybridized carbons (Fsp3) is 0.500. The largest absolute Gasteiger partial charge is 0.388 e. The lowest BCUT2D eigenvalue weighted by molar-refractivity contribution is 0.0524. The Labute approximate surface area is 106 Å². The van der Waals surface area contributed by atoms with E-state index >= 15 is 0 Å². The summed E-state index contributed by atoms with van der Waals surface area (Å²) in [4.78, 5) is 2.12. The Bertz CT molecular complexity index is 397. The zero-order chi connectivity index (χ0) is 11.8. The van der Waals surface area contributed by atoms with Crippen LogP contribution in [-0.2, 0) is 6.42 Å². The van der Waals surface area contributed by atoms with Gasteiger partial charge in [-0.25, -0.2) is 0 Å². The van der Waals surface area contributed by atoms with Crippen molar-refractivity contribution >= 4 is 23.2 Å². The van der Waals surface area contributed by atoms with Crippen LogP contribution >= 0.6 is 23.2 Å². The Balaban J connectivity index is 2.18. The molecular weight excluding hydrogens is 245 g/mol. The monoisotopic (exact) mass is 259 g/mol. The van der Waals surface area contributed by atoms with Gasteiger partial charge in [0.1, 0.15) is 0 Å². The molecule has 1 N–H and O–H groups in total. The minimum atomic E-state index is -0.664. The first kappa shape index (κ1) is 12.2. The second-order valence-corrected chi connectivity index (χ2v) is 5.39. The smallest absolute Gasteiger partial charge is 0.0826 e. The van der Waals surface area contributed by atoms with Crippen LogP contribution < -0.4 is 0 Å². The summed E-state index contributed by atoms with van der Waals surface area (Å²) in [6, 6.07) is 5.55. The maximum absolute atomic E-state index is 10.4. The first-order valence-electron chi connectivity index (χ1n) is 5.34. The summed E-state index contributed by atoms with van der Waals surface area (Å²) >= 11 is 12.1. The Morgan fingerprint density at radius 3 is 2.81 bits per heavy atom. The average molecular weight is 260 g/mol. The van der Waals surface area contributed by atoms with E-state index in [9.17, 15) is 5.11 Å². The molecule has 1 fully saturated rings. The first-order valence-corrected chi connectivity index (χ1v) is 6.10. The molecule has 0 radical (unpaired) electrons. The molecule has 1 aromatic carbocycles. The van der Waals surface area contributed by atoms with E-state index in [0.29, 0.717) is 23.0 Å². The third-order valence-electron chi connectivity index (χ3n) is 3.07. The van der Waals surface area contributed by atoms with Gasteiger partial charge in [-0.2, -0.15) is 0 Å². The fourth-order valence-electron chi connectivity index (χ4n) is 2.24. The molecule has 1 unspecified atom stereocenters. The predicted octanol–water partition coefficient (Wildman–Crippen LogP) is 2.60. The number of hydrogen-bond donors (Lipinski definition) is 1. The van der Waals surface area contributed by atoms with Gasteiger partial charge < -0.3 is 10.0 Å². The highest BCUT2D eigenvalue weighted by molar-refractivity contribution is 6.42. The number of benzene rings is 1. The predicted molar refractivity (Wildman–Crippen MR) is 67.2 cm³/mol. The molecule has 0 spiro atoms. The molecule has 0 aliphatic carbocycles. The van der Waals surface area contributed by atoms with Gasteiger partial charge in [0, 0.05) is 19.5 Å². The molecule has 0 amide bonds. The zero-order valence-electron chi connectivity index (χ0n) is 9.21. The maximum atomic E-state index is 10.4. The minimum absolute atomic E-state index is 0.550. The van der Waals surface area contributed by atoms with Gasteiger partial charge in [-0.15, -0.1) is 0 Å². The third kappa shape index (κ3) is 2.51. The number of nitrogens with zero attached hydrogens (tertiary/aromatic N) is 1. The molecule has 1 atom stereocenters. The molecule has 0 aromatic heterocycles. The van der Waals surface area contributed by atoms with Crippen molar-refractivity contribution in [2.75, 3.05) is 20.1 Å². The molecule has 0 saturated carbocycles. The van der Waals surface area contributed by atoms with Crippen molar-refractivity contribution in [2.24, 2.45) is 0 Å². The number of likely N-dealkylation sites (tertiary alicyclic amines) is 1. The summed E-state index contributed by atoms with van der Waals surface area (Å²) < 4.78 is 0. The molecule has 2 rings (SSSR count). The molecule has 1 aromatic rings. The summed E-state index contributed by atoms with van der Waals surface area (Å²) in [5.74, 6) is 0. The normalized spacial score (nSPS) is 26.2. The Morgan fingerprint density at radius 2 is 2.19 bits per heavy atom. The molecule has 88 valence electrons. The van der Waals surface area contributed by atoms with E-state index < -0.39 is 5.60 Å². The van der Waals surface area contributed by atoms with Crippen LogP contribution in [0, 0.1) is 0 Å². The van der Waals surface area contributed by atoms with Crippen LogP contribution in [0.25, 0.3) is 0 Å². The van der Waals surface area contributed by atoms with Crippen molar-refractivity contribution in [3.63, 3.8) is 0 Å². The van der Waals surface area contributed by atoms with E-state index in [-0.39, 0.29) is 0 Å². The summed E-state index contributed by atoms with van der Waals surface area (Å²) in [5, 5.41) is 11.5. The summed E-state index contributed by atoms with van der Waals surface area (Å²) in [6.45, 7) is 1.62. The third-order valence-corrected chi connectivity index (χ3v) is 3.93.